The van der Waals surface area contributed by atoms with E-state index in [4.69, 9.17) is 0 Å². The molecule has 0 saturated heterocycles. The second-order valence-electron chi connectivity index (χ2n) is 5.78. The van der Waals surface area contributed by atoms with Crippen molar-refractivity contribution in [2.75, 3.05) is 5.32 Å². The van der Waals surface area contributed by atoms with Gasteiger partial charge >= 0.3 is 0 Å². The Bertz CT molecular complexity index is 758. The van der Waals surface area contributed by atoms with E-state index in [0.717, 1.165) is 48.1 Å². The zero-order valence-electron chi connectivity index (χ0n) is 14.8. The molecule has 3 nitrogen and oxygen atoms in total. The number of nitrogens with zero attached hydrogens (tertiary/aromatic N) is 1. The lowest BCUT2D eigenvalue weighted by Crippen LogP contribution is -2.03. The quantitative estimate of drug-likeness (QED) is 0.530. The molecule has 26 heavy (non-hydrogen) atoms. The van der Waals surface area contributed by atoms with Gasteiger partial charge in [-0.3, -0.25) is 0 Å². The number of aliphatic hydroxyl groups excluding tert-OH is 1. The predicted octanol–water partition coefficient (Wildman–Crippen LogP) is 6.73. The number of benzene rings is 1. The van der Waals surface area contributed by atoms with Crippen LogP contribution in [0.25, 0.3) is 5.57 Å². The first-order valence-electron chi connectivity index (χ1n) is 8.48. The van der Waals surface area contributed by atoms with Gasteiger partial charge < -0.3 is 10.4 Å². The maximum Gasteiger partial charge on any atom is 0.237 e. The highest BCUT2D eigenvalue weighted by atomic mass is 32.3. The molecule has 0 aliphatic carbocycles. The highest BCUT2D eigenvalue weighted by molar-refractivity contribution is 8.20. The molecule has 1 aromatic heterocycles. The van der Waals surface area contributed by atoms with E-state index in [2.05, 4.69) is 23.3 Å². The van der Waals surface area contributed by atoms with Crippen LogP contribution in [0.15, 0.2) is 47.5 Å². The molecule has 0 bridgehead atoms. The Morgan fingerprint density at radius 3 is 2.38 bits per heavy atom. The van der Waals surface area contributed by atoms with Crippen LogP contribution in [-0.4, -0.2) is 10.1 Å². The summed E-state index contributed by atoms with van der Waals surface area (Å²) in [6, 6.07) is 6.69. The van der Waals surface area contributed by atoms with Crippen molar-refractivity contribution in [3.05, 3.63) is 53.7 Å². The highest BCUT2D eigenvalue weighted by Gasteiger charge is 2.23. The SMILES string of the molecule is CCC/C=C(/CC)c1c(CO)ccnc1Nc1ccc(S(F)(F)F)cc1. The monoisotopic (exact) mass is 384 g/mol. The molecule has 0 aliphatic rings. The number of aliphatic hydroxyl groups is 1. The summed E-state index contributed by atoms with van der Waals surface area (Å²) in [5.41, 5.74) is 3.13. The van der Waals surface area contributed by atoms with Gasteiger partial charge in [-0.15, -0.1) is 11.7 Å². The maximum absolute atomic E-state index is 12.8. The first kappa shape index (κ1) is 20.3. The fraction of sp³-hybridized carbons (Fsp3) is 0.316. The van der Waals surface area contributed by atoms with E-state index in [1.165, 1.54) is 12.1 Å². The first-order chi connectivity index (χ1) is 12.4. The molecule has 0 fully saturated rings. The molecule has 0 saturated carbocycles. The van der Waals surface area contributed by atoms with E-state index in [1.54, 1.807) is 12.3 Å². The minimum Gasteiger partial charge on any atom is -0.392 e. The van der Waals surface area contributed by atoms with Gasteiger partial charge in [0.05, 0.1) is 11.5 Å². The molecule has 0 aliphatic heterocycles. The lowest BCUT2D eigenvalue weighted by atomic mass is 9.97. The van der Waals surface area contributed by atoms with Crippen LogP contribution in [0.3, 0.4) is 0 Å². The average molecular weight is 384 g/mol. The number of hydrogen-bond donors (Lipinski definition) is 2. The van der Waals surface area contributed by atoms with E-state index >= 15 is 0 Å². The van der Waals surface area contributed by atoms with Crippen LogP contribution in [0.4, 0.5) is 23.2 Å². The Labute approximate surface area is 154 Å². The molecular formula is C19H23F3N2OS. The fourth-order valence-corrected chi connectivity index (χ4v) is 3.10. The summed E-state index contributed by atoms with van der Waals surface area (Å²) in [6.07, 6.45) is 6.38. The van der Waals surface area contributed by atoms with Crippen LogP contribution in [0.2, 0.25) is 0 Å². The molecule has 7 heteroatoms. The number of hydrogen-bond acceptors (Lipinski definition) is 3. The lowest BCUT2D eigenvalue weighted by molar-refractivity contribution is 0.281. The number of aromatic nitrogens is 1. The van der Waals surface area contributed by atoms with E-state index < -0.39 is 16.1 Å². The van der Waals surface area contributed by atoms with Gasteiger partial charge in [0.2, 0.25) is 11.2 Å². The number of unbranched alkanes of at least 4 members (excludes halogenated alkanes) is 1. The molecule has 1 heterocycles. The Hall–Kier alpha value is -1.99. The molecular weight excluding hydrogens is 361 g/mol. The second kappa shape index (κ2) is 9.09. The summed E-state index contributed by atoms with van der Waals surface area (Å²) in [6.45, 7) is 3.98. The van der Waals surface area contributed by atoms with Crippen LogP contribution < -0.4 is 5.32 Å². The Balaban J connectivity index is 2.40. The Morgan fingerprint density at radius 1 is 1.15 bits per heavy atom. The molecule has 2 aromatic rings. The third kappa shape index (κ3) is 5.02. The molecule has 0 atom stereocenters. The molecule has 2 N–H and O–H groups in total. The Kier molecular flexibility index (Phi) is 7.11. The lowest BCUT2D eigenvalue weighted by Gasteiger charge is -2.17. The number of nitrogens with one attached hydrogen (secondary N) is 1. The largest absolute Gasteiger partial charge is 0.392 e. The summed E-state index contributed by atoms with van der Waals surface area (Å²) in [4.78, 5) is 3.74. The predicted molar refractivity (Wildman–Crippen MR) is 102 cm³/mol. The summed E-state index contributed by atoms with van der Waals surface area (Å²) in [7, 11) is 0. The van der Waals surface area contributed by atoms with Gasteiger partial charge in [0.25, 0.3) is 0 Å². The van der Waals surface area contributed by atoms with Crippen molar-refractivity contribution >= 4 is 28.3 Å². The molecule has 142 valence electrons. The van der Waals surface area contributed by atoms with Gasteiger partial charge in [-0.2, -0.15) is 0 Å². The third-order valence-electron chi connectivity index (χ3n) is 3.97. The minimum absolute atomic E-state index is 0.133. The van der Waals surface area contributed by atoms with Gasteiger partial charge in [0.15, 0.2) is 0 Å². The second-order valence-corrected chi connectivity index (χ2v) is 7.06. The zero-order valence-corrected chi connectivity index (χ0v) is 15.6. The van der Waals surface area contributed by atoms with Crippen molar-refractivity contribution < 1.29 is 16.8 Å². The van der Waals surface area contributed by atoms with Crippen molar-refractivity contribution in [1.82, 2.24) is 4.98 Å². The number of allylic oxidation sites excluding steroid dienone is 2. The molecule has 2 rings (SSSR count). The fourth-order valence-electron chi connectivity index (χ4n) is 2.66. The summed E-state index contributed by atoms with van der Waals surface area (Å²) in [5.74, 6) is 0.535. The topological polar surface area (TPSA) is 45.2 Å². The van der Waals surface area contributed by atoms with Crippen LogP contribution in [0.5, 0.6) is 0 Å². The molecule has 0 amide bonds. The minimum atomic E-state index is -5.22. The summed E-state index contributed by atoms with van der Waals surface area (Å²) in [5, 5.41) is 12.8. The molecule has 0 unspecified atom stereocenters. The van der Waals surface area contributed by atoms with Crippen molar-refractivity contribution in [3.63, 3.8) is 0 Å². The highest BCUT2D eigenvalue weighted by Crippen LogP contribution is 2.60. The standard InChI is InChI=1S/C19H23F3N2OS/c1-3-5-6-14(4-2)18-15(13-25)11-12-23-19(18)24-16-7-9-17(10-8-16)26(20,21)22/h6-12,25H,3-5,13H2,1-2H3,(H,23,24)/b14-6-. The van der Waals surface area contributed by atoms with E-state index in [0.29, 0.717) is 11.5 Å². The van der Waals surface area contributed by atoms with Crippen molar-refractivity contribution in [3.8, 4) is 0 Å². The van der Waals surface area contributed by atoms with Crippen LogP contribution in [0, 0.1) is 0 Å². The summed E-state index contributed by atoms with van der Waals surface area (Å²) < 4.78 is 38.4. The molecule has 0 radical (unpaired) electrons. The van der Waals surface area contributed by atoms with Gasteiger partial charge in [-0.25, -0.2) is 4.98 Å². The summed E-state index contributed by atoms with van der Waals surface area (Å²) >= 11 is -5.22. The van der Waals surface area contributed by atoms with Crippen LogP contribution in [0.1, 0.15) is 44.2 Å². The number of halogens is 3. The zero-order chi connectivity index (χ0) is 19.2. The van der Waals surface area contributed by atoms with E-state index in [9.17, 15) is 16.8 Å². The van der Waals surface area contributed by atoms with E-state index in [1.807, 2.05) is 6.92 Å². The van der Waals surface area contributed by atoms with Crippen molar-refractivity contribution in [2.24, 2.45) is 0 Å². The number of pyridine rings is 1. The van der Waals surface area contributed by atoms with Gasteiger partial charge in [-0.05, 0) is 54.3 Å². The first-order valence-corrected chi connectivity index (χ1v) is 9.81. The van der Waals surface area contributed by atoms with Crippen LogP contribution >= 0.6 is 11.2 Å². The Morgan fingerprint density at radius 2 is 1.85 bits per heavy atom. The average Bonchev–Trinajstić information content (AvgIpc) is 2.62. The number of anilines is 2. The van der Waals surface area contributed by atoms with Gasteiger partial charge in [0, 0.05) is 17.4 Å². The third-order valence-corrected chi connectivity index (χ3v) is 4.78. The van der Waals surface area contributed by atoms with Crippen LogP contribution in [-0.2, 0) is 6.61 Å². The van der Waals surface area contributed by atoms with Crippen molar-refractivity contribution in [2.45, 2.75) is 44.6 Å². The van der Waals surface area contributed by atoms with Gasteiger partial charge in [-0.1, -0.05) is 26.3 Å². The maximum atomic E-state index is 12.8. The molecule has 1 aromatic carbocycles. The van der Waals surface area contributed by atoms with Gasteiger partial charge in [0.1, 0.15) is 5.82 Å². The van der Waals surface area contributed by atoms with Crippen molar-refractivity contribution in [1.29, 1.82) is 0 Å². The van der Waals surface area contributed by atoms with E-state index in [-0.39, 0.29) is 6.61 Å². The normalized spacial score (nSPS) is 12.9. The number of rotatable bonds is 8. The molecule has 0 spiro atoms. The smallest absolute Gasteiger partial charge is 0.237 e.